The highest BCUT2D eigenvalue weighted by Crippen LogP contribution is 2.35. The molecule has 0 bridgehead atoms. The summed E-state index contributed by atoms with van der Waals surface area (Å²) in [5, 5.41) is 3.46. The Labute approximate surface area is 107 Å². The molecule has 2 aromatic carbocycles. The molecule has 1 aliphatic rings. The van der Waals surface area contributed by atoms with E-state index in [4.69, 9.17) is 10.5 Å². The van der Waals surface area contributed by atoms with E-state index in [-0.39, 0.29) is 6.04 Å². The second-order valence-corrected chi connectivity index (χ2v) is 4.58. The van der Waals surface area contributed by atoms with E-state index in [1.165, 1.54) is 5.56 Å². The summed E-state index contributed by atoms with van der Waals surface area (Å²) in [7, 11) is 0. The summed E-state index contributed by atoms with van der Waals surface area (Å²) in [6.07, 6.45) is 0. The van der Waals surface area contributed by atoms with Crippen molar-refractivity contribution in [3.63, 3.8) is 0 Å². The molecule has 0 saturated carbocycles. The maximum absolute atomic E-state index is 6.08. The lowest BCUT2D eigenvalue weighted by Crippen LogP contribution is -2.13. The van der Waals surface area contributed by atoms with Crippen LogP contribution in [-0.2, 0) is 0 Å². The number of anilines is 2. The Balaban J connectivity index is 1.89. The molecule has 1 aliphatic heterocycles. The van der Waals surface area contributed by atoms with E-state index in [2.05, 4.69) is 11.4 Å². The zero-order chi connectivity index (χ0) is 12.5. The number of rotatable bonds is 2. The zero-order valence-corrected chi connectivity index (χ0v) is 10.3. The lowest BCUT2D eigenvalue weighted by Gasteiger charge is -2.16. The van der Waals surface area contributed by atoms with Crippen LogP contribution >= 0.6 is 0 Å². The summed E-state index contributed by atoms with van der Waals surface area (Å²) in [6.45, 7) is 2.66. The van der Waals surface area contributed by atoms with Crippen molar-refractivity contribution in [3.8, 4) is 5.75 Å². The summed E-state index contributed by atoms with van der Waals surface area (Å²) in [4.78, 5) is 0. The molecule has 0 aromatic heterocycles. The highest BCUT2D eigenvalue weighted by atomic mass is 16.5. The topological polar surface area (TPSA) is 47.3 Å². The van der Waals surface area contributed by atoms with Gasteiger partial charge in [-0.25, -0.2) is 0 Å². The van der Waals surface area contributed by atoms with Gasteiger partial charge in [0.25, 0.3) is 0 Å². The Kier molecular flexibility index (Phi) is 2.59. The predicted molar refractivity (Wildman–Crippen MR) is 73.9 cm³/mol. The zero-order valence-electron chi connectivity index (χ0n) is 10.3. The van der Waals surface area contributed by atoms with Crippen LogP contribution < -0.4 is 15.8 Å². The van der Waals surface area contributed by atoms with Gasteiger partial charge in [-0.3, -0.25) is 0 Å². The normalized spacial score (nSPS) is 17.1. The molecule has 1 heterocycles. The second-order valence-electron chi connectivity index (χ2n) is 4.58. The summed E-state index contributed by atoms with van der Waals surface area (Å²) >= 11 is 0. The lowest BCUT2D eigenvalue weighted by atomic mass is 10.1. The highest BCUT2D eigenvalue weighted by Gasteiger charge is 2.23. The van der Waals surface area contributed by atoms with Crippen molar-refractivity contribution in [1.82, 2.24) is 0 Å². The van der Waals surface area contributed by atoms with Gasteiger partial charge in [0.1, 0.15) is 12.4 Å². The lowest BCUT2D eigenvalue weighted by molar-refractivity contribution is 0.340. The molecule has 3 nitrogen and oxygen atoms in total. The van der Waals surface area contributed by atoms with E-state index in [0.29, 0.717) is 6.61 Å². The molecule has 0 saturated heterocycles. The standard InChI is InChI=1S/C15H16N2O/c1-10-5-4-7-12(15(10)16)17-13-9-18-14-8-3-2-6-11(13)14/h2-8,13,17H,9,16H2,1H3. The first-order valence-corrected chi connectivity index (χ1v) is 6.09. The summed E-state index contributed by atoms with van der Waals surface area (Å²) in [6, 6.07) is 14.3. The van der Waals surface area contributed by atoms with Gasteiger partial charge in [-0.05, 0) is 24.6 Å². The first-order valence-electron chi connectivity index (χ1n) is 6.09. The largest absolute Gasteiger partial charge is 0.491 e. The smallest absolute Gasteiger partial charge is 0.124 e. The van der Waals surface area contributed by atoms with E-state index in [9.17, 15) is 0 Å². The monoisotopic (exact) mass is 240 g/mol. The fourth-order valence-corrected chi connectivity index (χ4v) is 2.28. The van der Waals surface area contributed by atoms with Gasteiger partial charge in [0.15, 0.2) is 0 Å². The first kappa shape index (κ1) is 11.0. The van der Waals surface area contributed by atoms with E-state index >= 15 is 0 Å². The average Bonchev–Trinajstić information content (AvgIpc) is 2.79. The van der Waals surface area contributed by atoms with Gasteiger partial charge in [-0.2, -0.15) is 0 Å². The van der Waals surface area contributed by atoms with Gasteiger partial charge in [0, 0.05) is 5.56 Å². The number of ether oxygens (including phenoxy) is 1. The van der Waals surface area contributed by atoms with Crippen LogP contribution in [0.15, 0.2) is 42.5 Å². The van der Waals surface area contributed by atoms with Crippen LogP contribution in [0.4, 0.5) is 11.4 Å². The third-order valence-electron chi connectivity index (χ3n) is 3.35. The Morgan fingerprint density at radius 1 is 1.17 bits per heavy atom. The average molecular weight is 240 g/mol. The minimum Gasteiger partial charge on any atom is -0.491 e. The van der Waals surface area contributed by atoms with Crippen molar-refractivity contribution in [2.24, 2.45) is 0 Å². The number of hydrogen-bond donors (Lipinski definition) is 2. The summed E-state index contributed by atoms with van der Waals surface area (Å²) < 4.78 is 5.65. The molecule has 0 aliphatic carbocycles. The van der Waals surface area contributed by atoms with E-state index < -0.39 is 0 Å². The number of nitrogens with one attached hydrogen (secondary N) is 1. The van der Waals surface area contributed by atoms with Gasteiger partial charge in [-0.15, -0.1) is 0 Å². The molecule has 0 fully saturated rings. The number of nitrogen functional groups attached to an aromatic ring is 1. The van der Waals surface area contributed by atoms with Gasteiger partial charge >= 0.3 is 0 Å². The molecule has 0 spiro atoms. The van der Waals surface area contributed by atoms with Gasteiger partial charge < -0.3 is 15.8 Å². The van der Waals surface area contributed by atoms with E-state index in [1.54, 1.807) is 0 Å². The number of hydrogen-bond acceptors (Lipinski definition) is 3. The molecule has 1 unspecified atom stereocenters. The van der Waals surface area contributed by atoms with Crippen LogP contribution in [0, 0.1) is 6.92 Å². The van der Waals surface area contributed by atoms with Crippen molar-refractivity contribution in [3.05, 3.63) is 53.6 Å². The number of benzene rings is 2. The van der Waals surface area contributed by atoms with Gasteiger partial charge in [-0.1, -0.05) is 30.3 Å². The highest BCUT2D eigenvalue weighted by molar-refractivity contribution is 5.70. The number of aryl methyl sites for hydroxylation is 1. The van der Waals surface area contributed by atoms with E-state index in [0.717, 1.165) is 22.7 Å². The molecule has 0 amide bonds. The Morgan fingerprint density at radius 3 is 2.89 bits per heavy atom. The SMILES string of the molecule is Cc1cccc(NC2COc3ccccc32)c1N. The third kappa shape index (κ3) is 1.78. The van der Waals surface area contributed by atoms with Gasteiger partial charge in [0.05, 0.1) is 17.4 Å². The minimum atomic E-state index is 0.172. The second kappa shape index (κ2) is 4.26. The maximum atomic E-state index is 6.08. The Morgan fingerprint density at radius 2 is 2.00 bits per heavy atom. The molecular formula is C15H16N2O. The van der Waals surface area contributed by atoms with Crippen molar-refractivity contribution >= 4 is 11.4 Å². The van der Waals surface area contributed by atoms with Crippen LogP contribution in [0.1, 0.15) is 17.2 Å². The summed E-state index contributed by atoms with van der Waals surface area (Å²) in [5.41, 5.74) is 10.1. The summed E-state index contributed by atoms with van der Waals surface area (Å²) in [5.74, 6) is 0.959. The molecule has 2 aromatic rings. The van der Waals surface area contributed by atoms with Crippen LogP contribution in [-0.4, -0.2) is 6.61 Å². The van der Waals surface area contributed by atoms with Gasteiger partial charge in [0.2, 0.25) is 0 Å². The third-order valence-corrected chi connectivity index (χ3v) is 3.35. The van der Waals surface area contributed by atoms with Crippen LogP contribution in [0.2, 0.25) is 0 Å². The number of para-hydroxylation sites is 2. The molecule has 3 rings (SSSR count). The van der Waals surface area contributed by atoms with Crippen molar-refractivity contribution < 1.29 is 4.74 Å². The van der Waals surface area contributed by atoms with Crippen LogP contribution in [0.5, 0.6) is 5.75 Å². The quantitative estimate of drug-likeness (QED) is 0.793. The fourth-order valence-electron chi connectivity index (χ4n) is 2.28. The van der Waals surface area contributed by atoms with Crippen LogP contribution in [0.25, 0.3) is 0 Å². The van der Waals surface area contributed by atoms with Crippen molar-refractivity contribution in [2.45, 2.75) is 13.0 Å². The molecule has 3 N–H and O–H groups in total. The number of nitrogens with two attached hydrogens (primary N) is 1. The minimum absolute atomic E-state index is 0.172. The van der Waals surface area contributed by atoms with Crippen LogP contribution in [0.3, 0.4) is 0 Å². The van der Waals surface area contributed by atoms with E-state index in [1.807, 2.05) is 43.3 Å². The molecule has 0 radical (unpaired) electrons. The molecular weight excluding hydrogens is 224 g/mol. The Hall–Kier alpha value is -2.16. The molecule has 92 valence electrons. The molecule has 1 atom stereocenters. The number of fused-ring (bicyclic) bond motifs is 1. The Bertz CT molecular complexity index is 580. The molecule has 18 heavy (non-hydrogen) atoms. The fraction of sp³-hybridized carbons (Fsp3) is 0.200. The predicted octanol–water partition coefficient (Wildman–Crippen LogP) is 3.12. The first-order chi connectivity index (χ1) is 8.75. The van der Waals surface area contributed by atoms with Crippen molar-refractivity contribution in [1.29, 1.82) is 0 Å². The van der Waals surface area contributed by atoms with Crippen molar-refractivity contribution in [2.75, 3.05) is 17.7 Å². The maximum Gasteiger partial charge on any atom is 0.124 e. The molecule has 3 heteroatoms.